The Bertz CT molecular complexity index is 398. The molecule has 1 fully saturated rings. The van der Waals surface area contributed by atoms with Crippen molar-refractivity contribution in [2.75, 3.05) is 31.2 Å². The van der Waals surface area contributed by atoms with Crippen molar-refractivity contribution >= 4 is 27.2 Å². The second-order valence-corrected chi connectivity index (χ2v) is 7.88. The van der Waals surface area contributed by atoms with E-state index in [9.17, 15) is 8.42 Å². The maximum atomic E-state index is 11.6. The van der Waals surface area contributed by atoms with Gasteiger partial charge in [-0.05, 0) is 25.1 Å². The first kappa shape index (κ1) is 17.7. The van der Waals surface area contributed by atoms with E-state index in [4.69, 9.17) is 17.3 Å². The molecule has 1 aliphatic heterocycles. The van der Waals surface area contributed by atoms with Crippen LogP contribution in [0.15, 0.2) is 0 Å². The number of nitrogens with zero attached hydrogens (tertiary/aromatic N) is 1. The van der Waals surface area contributed by atoms with E-state index < -0.39 is 9.84 Å². The van der Waals surface area contributed by atoms with Crippen LogP contribution in [0.3, 0.4) is 0 Å². The smallest absolute Gasteiger partial charge is 0.169 e. The molecule has 0 spiro atoms. The Morgan fingerprint density at radius 1 is 1.40 bits per heavy atom. The second kappa shape index (κ2) is 8.79. The van der Waals surface area contributed by atoms with Crippen LogP contribution in [0.5, 0.6) is 0 Å². The van der Waals surface area contributed by atoms with E-state index >= 15 is 0 Å². The first-order valence-electron chi connectivity index (χ1n) is 7.36. The van der Waals surface area contributed by atoms with E-state index in [-0.39, 0.29) is 24.2 Å². The molecule has 1 unspecified atom stereocenters. The highest BCUT2D eigenvalue weighted by Crippen LogP contribution is 2.17. The molecule has 0 bridgehead atoms. The fraction of sp³-hybridized carbons (Fsp3) is 0.923. The summed E-state index contributed by atoms with van der Waals surface area (Å²) in [7, 11) is -2.94. The van der Waals surface area contributed by atoms with Crippen LogP contribution < -0.4 is 5.32 Å². The van der Waals surface area contributed by atoms with Gasteiger partial charge in [0, 0.05) is 19.1 Å². The normalized spacial score (nSPS) is 20.8. The van der Waals surface area contributed by atoms with Crippen molar-refractivity contribution in [3.8, 4) is 0 Å². The van der Waals surface area contributed by atoms with Crippen LogP contribution >= 0.6 is 12.2 Å². The fourth-order valence-electron chi connectivity index (χ4n) is 2.43. The largest absolute Gasteiger partial charge is 0.395 e. The first-order valence-corrected chi connectivity index (χ1v) is 9.59. The van der Waals surface area contributed by atoms with Crippen molar-refractivity contribution in [2.24, 2.45) is 0 Å². The molecule has 118 valence electrons. The summed E-state index contributed by atoms with van der Waals surface area (Å²) in [6, 6.07) is -0.0946. The van der Waals surface area contributed by atoms with Gasteiger partial charge >= 0.3 is 0 Å². The average molecular weight is 322 g/mol. The third-order valence-corrected chi connectivity index (χ3v) is 5.69. The second-order valence-electron chi connectivity index (χ2n) is 5.27. The Kier molecular flexibility index (Phi) is 7.76. The van der Waals surface area contributed by atoms with Gasteiger partial charge in [0.1, 0.15) is 0 Å². The van der Waals surface area contributed by atoms with E-state index in [1.807, 2.05) is 4.90 Å². The lowest BCUT2D eigenvalue weighted by Gasteiger charge is -2.30. The predicted octanol–water partition coefficient (Wildman–Crippen LogP) is 0.923. The molecule has 1 saturated heterocycles. The van der Waals surface area contributed by atoms with Crippen LogP contribution in [0.4, 0.5) is 0 Å². The molecule has 1 rings (SSSR count). The van der Waals surface area contributed by atoms with Gasteiger partial charge in [-0.3, -0.25) is 0 Å². The van der Waals surface area contributed by atoms with Gasteiger partial charge in [-0.15, -0.1) is 0 Å². The lowest BCUT2D eigenvalue weighted by Crippen LogP contribution is -2.48. The Hall–Kier alpha value is -0.400. The van der Waals surface area contributed by atoms with Crippen molar-refractivity contribution in [3.05, 3.63) is 0 Å². The van der Waals surface area contributed by atoms with Gasteiger partial charge in [-0.1, -0.05) is 26.2 Å². The number of sulfone groups is 1. The van der Waals surface area contributed by atoms with E-state index in [1.54, 1.807) is 0 Å². The van der Waals surface area contributed by atoms with Crippen molar-refractivity contribution < 1.29 is 13.5 Å². The Morgan fingerprint density at radius 3 is 2.70 bits per heavy atom. The summed E-state index contributed by atoms with van der Waals surface area (Å²) >= 11 is 5.34. The topological polar surface area (TPSA) is 69.6 Å². The molecular weight excluding hydrogens is 296 g/mol. The molecule has 7 heteroatoms. The first-order chi connectivity index (χ1) is 9.50. The molecule has 0 aliphatic carbocycles. The fourth-order valence-corrected chi connectivity index (χ4v) is 4.50. The van der Waals surface area contributed by atoms with Crippen molar-refractivity contribution in [1.29, 1.82) is 0 Å². The summed E-state index contributed by atoms with van der Waals surface area (Å²) in [5.74, 6) is 0.364. The molecule has 0 amide bonds. The molecule has 2 N–H and O–H groups in total. The minimum absolute atomic E-state index is 0.0196. The van der Waals surface area contributed by atoms with Gasteiger partial charge in [-0.25, -0.2) is 8.42 Å². The number of hydrogen-bond acceptors (Lipinski definition) is 4. The van der Waals surface area contributed by atoms with Gasteiger partial charge in [0.2, 0.25) is 0 Å². The molecule has 1 atom stereocenters. The molecule has 5 nitrogen and oxygen atoms in total. The van der Waals surface area contributed by atoms with Crippen LogP contribution in [0.2, 0.25) is 0 Å². The monoisotopic (exact) mass is 322 g/mol. The predicted molar refractivity (Wildman–Crippen MR) is 85.6 cm³/mol. The van der Waals surface area contributed by atoms with Crippen molar-refractivity contribution in [1.82, 2.24) is 10.2 Å². The maximum absolute atomic E-state index is 11.6. The molecule has 0 aromatic carbocycles. The molecule has 0 saturated carbocycles. The zero-order valence-electron chi connectivity index (χ0n) is 12.2. The highest BCUT2D eigenvalue weighted by atomic mass is 32.2. The zero-order valence-corrected chi connectivity index (χ0v) is 13.8. The third-order valence-electron chi connectivity index (χ3n) is 3.56. The lowest BCUT2D eigenvalue weighted by atomic mass is 10.2. The molecule has 0 radical (unpaired) electrons. The number of hydrogen-bond donors (Lipinski definition) is 2. The highest BCUT2D eigenvalue weighted by molar-refractivity contribution is 7.91. The quantitative estimate of drug-likeness (QED) is 0.512. The number of unbranched alkanes of at least 4 members (excludes halogenated alkanes) is 3. The summed E-state index contributed by atoms with van der Waals surface area (Å²) in [5, 5.41) is 12.9. The van der Waals surface area contributed by atoms with Gasteiger partial charge in [0.05, 0.1) is 18.1 Å². The standard InChI is InChI=1S/C13H26N2O3S2/c1-2-3-4-5-7-14-13(19)15(8-9-16)12-6-10-20(17,18)11-12/h12,16H,2-11H2,1H3,(H,14,19). The lowest BCUT2D eigenvalue weighted by molar-refractivity contribution is 0.225. The average Bonchev–Trinajstić information content (AvgIpc) is 2.75. The Balaban J connectivity index is 2.43. The third kappa shape index (κ3) is 5.93. The minimum atomic E-state index is -2.94. The number of aliphatic hydroxyl groups excluding tert-OH is 1. The van der Waals surface area contributed by atoms with Gasteiger partial charge in [0.15, 0.2) is 14.9 Å². The Morgan fingerprint density at radius 2 is 2.15 bits per heavy atom. The molecule has 1 heterocycles. The summed E-state index contributed by atoms with van der Waals surface area (Å²) < 4.78 is 23.1. The van der Waals surface area contributed by atoms with Gasteiger partial charge in [0.25, 0.3) is 0 Å². The van der Waals surface area contributed by atoms with E-state index in [2.05, 4.69) is 12.2 Å². The molecule has 0 aromatic rings. The summed E-state index contributed by atoms with van der Waals surface area (Å²) in [6.07, 6.45) is 5.24. The van der Waals surface area contributed by atoms with Crippen LogP contribution in [-0.4, -0.2) is 60.8 Å². The number of rotatable bonds is 8. The molecule has 1 aliphatic rings. The maximum Gasteiger partial charge on any atom is 0.169 e. The zero-order chi connectivity index (χ0) is 15.0. The van der Waals surface area contributed by atoms with E-state index in [0.717, 1.165) is 13.0 Å². The molecule has 20 heavy (non-hydrogen) atoms. The van der Waals surface area contributed by atoms with Crippen molar-refractivity contribution in [3.63, 3.8) is 0 Å². The van der Waals surface area contributed by atoms with E-state index in [0.29, 0.717) is 18.1 Å². The number of thiocarbonyl (C=S) groups is 1. The van der Waals surface area contributed by atoms with Gasteiger partial charge < -0.3 is 15.3 Å². The van der Waals surface area contributed by atoms with Crippen LogP contribution in [0.25, 0.3) is 0 Å². The summed E-state index contributed by atoms with van der Waals surface area (Å²) in [4.78, 5) is 1.83. The Labute approximate surface area is 127 Å². The van der Waals surface area contributed by atoms with Gasteiger partial charge in [-0.2, -0.15) is 0 Å². The SMILES string of the molecule is CCCCCCNC(=S)N(CCO)C1CCS(=O)(=O)C1. The molecule has 0 aromatic heterocycles. The molecular formula is C13H26N2O3S2. The minimum Gasteiger partial charge on any atom is -0.395 e. The number of aliphatic hydroxyl groups is 1. The number of nitrogens with one attached hydrogen (secondary N) is 1. The van der Waals surface area contributed by atoms with Crippen LogP contribution in [0, 0.1) is 0 Å². The van der Waals surface area contributed by atoms with Crippen molar-refractivity contribution in [2.45, 2.75) is 45.1 Å². The summed E-state index contributed by atoms with van der Waals surface area (Å²) in [5.41, 5.74) is 0. The summed E-state index contributed by atoms with van der Waals surface area (Å²) in [6.45, 7) is 3.34. The van der Waals surface area contributed by atoms with E-state index in [1.165, 1.54) is 19.3 Å². The highest BCUT2D eigenvalue weighted by Gasteiger charge is 2.33. The van der Waals surface area contributed by atoms with Crippen LogP contribution in [0.1, 0.15) is 39.0 Å². The van der Waals surface area contributed by atoms with Crippen LogP contribution in [-0.2, 0) is 9.84 Å².